The molecule has 120 valence electrons. The van der Waals surface area contributed by atoms with Crippen molar-refractivity contribution in [2.45, 2.75) is 6.54 Å². The molecule has 0 spiro atoms. The summed E-state index contributed by atoms with van der Waals surface area (Å²) in [5, 5.41) is 0. The molecule has 0 radical (unpaired) electrons. The summed E-state index contributed by atoms with van der Waals surface area (Å²) >= 11 is 0. The van der Waals surface area contributed by atoms with Crippen molar-refractivity contribution in [2.24, 2.45) is 0 Å². The smallest absolute Gasteiger partial charge is 0.173 e. The third-order valence-corrected chi connectivity index (χ3v) is 4.00. The Balaban J connectivity index is 1.65. The lowest BCUT2D eigenvalue weighted by Gasteiger charge is -2.11. The molecular formula is C22H23N2+. The van der Waals surface area contributed by atoms with E-state index in [1.165, 1.54) is 22.4 Å². The van der Waals surface area contributed by atoms with Gasteiger partial charge in [0.2, 0.25) is 0 Å². The molecule has 0 aliphatic rings. The van der Waals surface area contributed by atoms with Gasteiger partial charge in [0.05, 0.1) is 0 Å². The van der Waals surface area contributed by atoms with Crippen LogP contribution in [0.4, 0.5) is 5.69 Å². The monoisotopic (exact) mass is 315 g/mol. The average molecular weight is 315 g/mol. The second-order valence-electron chi connectivity index (χ2n) is 6.11. The Labute approximate surface area is 144 Å². The van der Waals surface area contributed by atoms with E-state index in [0.29, 0.717) is 0 Å². The zero-order valence-electron chi connectivity index (χ0n) is 14.3. The summed E-state index contributed by atoms with van der Waals surface area (Å²) in [6.07, 6.45) is 8.55. The lowest BCUT2D eigenvalue weighted by Crippen LogP contribution is -2.32. The van der Waals surface area contributed by atoms with Gasteiger partial charge in [0.1, 0.15) is 0 Å². The normalized spacial score (nSPS) is 10.9. The average Bonchev–Trinajstić information content (AvgIpc) is 2.62. The van der Waals surface area contributed by atoms with Crippen LogP contribution in [-0.4, -0.2) is 14.1 Å². The van der Waals surface area contributed by atoms with Crippen molar-refractivity contribution in [1.29, 1.82) is 0 Å². The number of anilines is 1. The molecule has 0 N–H and O–H groups in total. The first-order valence-electron chi connectivity index (χ1n) is 8.19. The maximum absolute atomic E-state index is 2.19. The number of benzene rings is 2. The molecule has 1 aromatic heterocycles. The van der Waals surface area contributed by atoms with Gasteiger partial charge in [-0.2, -0.15) is 0 Å². The maximum Gasteiger partial charge on any atom is 0.173 e. The summed E-state index contributed by atoms with van der Waals surface area (Å²) < 4.78 is 2.19. The third kappa shape index (κ3) is 4.32. The first-order chi connectivity index (χ1) is 11.7. The van der Waals surface area contributed by atoms with Gasteiger partial charge in [-0.05, 0) is 23.3 Å². The molecule has 0 aliphatic heterocycles. The zero-order chi connectivity index (χ0) is 16.8. The Hall–Kier alpha value is -2.87. The molecule has 0 unspecified atom stereocenters. The number of aromatic nitrogens is 1. The Kier molecular flexibility index (Phi) is 5.07. The van der Waals surface area contributed by atoms with Crippen LogP contribution in [0.3, 0.4) is 0 Å². The fourth-order valence-corrected chi connectivity index (χ4v) is 2.56. The Morgan fingerprint density at radius 2 is 1.33 bits per heavy atom. The number of hydrogen-bond donors (Lipinski definition) is 0. The zero-order valence-corrected chi connectivity index (χ0v) is 14.3. The highest BCUT2D eigenvalue weighted by atomic mass is 15.1. The van der Waals surface area contributed by atoms with E-state index in [1.54, 1.807) is 0 Å². The lowest BCUT2D eigenvalue weighted by molar-refractivity contribution is -0.688. The second-order valence-corrected chi connectivity index (χ2v) is 6.11. The molecule has 2 nitrogen and oxygen atoms in total. The van der Waals surface area contributed by atoms with Crippen molar-refractivity contribution < 1.29 is 4.57 Å². The van der Waals surface area contributed by atoms with Crippen LogP contribution in [0.5, 0.6) is 0 Å². The maximum atomic E-state index is 2.19. The molecule has 0 fully saturated rings. The van der Waals surface area contributed by atoms with E-state index in [1.807, 2.05) is 6.07 Å². The predicted molar refractivity (Wildman–Crippen MR) is 102 cm³/mol. The highest BCUT2D eigenvalue weighted by Crippen LogP contribution is 2.14. The van der Waals surface area contributed by atoms with Gasteiger partial charge in [-0.3, -0.25) is 0 Å². The van der Waals surface area contributed by atoms with Gasteiger partial charge in [0, 0.05) is 37.5 Å². The minimum atomic E-state index is 0.900. The van der Waals surface area contributed by atoms with Gasteiger partial charge < -0.3 is 4.90 Å². The molecule has 3 rings (SSSR count). The van der Waals surface area contributed by atoms with Crippen molar-refractivity contribution in [3.05, 3.63) is 95.8 Å². The fraction of sp³-hybridized carbons (Fsp3) is 0.136. The molecule has 0 amide bonds. The predicted octanol–water partition coefficient (Wildman–Crippen LogP) is 4.26. The van der Waals surface area contributed by atoms with Crippen molar-refractivity contribution in [1.82, 2.24) is 0 Å². The van der Waals surface area contributed by atoms with Crippen molar-refractivity contribution in [3.8, 4) is 0 Å². The van der Waals surface area contributed by atoms with Crippen molar-refractivity contribution in [2.75, 3.05) is 19.0 Å². The second kappa shape index (κ2) is 7.60. The summed E-state index contributed by atoms with van der Waals surface area (Å²) in [5.74, 6) is 0. The summed E-state index contributed by atoms with van der Waals surface area (Å²) in [5.41, 5.74) is 4.94. The Morgan fingerprint density at radius 1 is 0.750 bits per heavy atom. The summed E-state index contributed by atoms with van der Waals surface area (Å²) in [6.45, 7) is 0.900. The highest BCUT2D eigenvalue weighted by Gasteiger charge is 2.01. The minimum Gasteiger partial charge on any atom is -0.378 e. The number of rotatable bonds is 5. The van der Waals surface area contributed by atoms with E-state index >= 15 is 0 Å². The van der Waals surface area contributed by atoms with Gasteiger partial charge in [-0.25, -0.2) is 4.57 Å². The minimum absolute atomic E-state index is 0.900. The quantitative estimate of drug-likeness (QED) is 0.638. The molecular weight excluding hydrogens is 292 g/mol. The first-order valence-corrected chi connectivity index (χ1v) is 8.19. The van der Waals surface area contributed by atoms with Gasteiger partial charge in [0.15, 0.2) is 18.9 Å². The van der Waals surface area contributed by atoms with Crippen LogP contribution >= 0.6 is 0 Å². The summed E-state index contributed by atoms with van der Waals surface area (Å²) in [4.78, 5) is 2.11. The van der Waals surface area contributed by atoms with Gasteiger partial charge in [0.25, 0.3) is 0 Å². The number of nitrogens with zero attached hydrogens (tertiary/aromatic N) is 2. The molecule has 1 heterocycles. The SMILES string of the molecule is CN(C)c1ccc(/C=C/c2cc[n+](Cc3ccccc3)cc2)cc1. The van der Waals surface area contributed by atoms with Crippen LogP contribution in [0.1, 0.15) is 16.7 Å². The van der Waals surface area contributed by atoms with Gasteiger partial charge >= 0.3 is 0 Å². The molecule has 0 atom stereocenters. The van der Waals surface area contributed by atoms with Crippen LogP contribution in [0.2, 0.25) is 0 Å². The topological polar surface area (TPSA) is 7.12 Å². The fourth-order valence-electron chi connectivity index (χ4n) is 2.56. The van der Waals surface area contributed by atoms with E-state index in [-0.39, 0.29) is 0 Å². The lowest BCUT2D eigenvalue weighted by atomic mass is 10.1. The Bertz CT molecular complexity index is 786. The van der Waals surface area contributed by atoms with Gasteiger partial charge in [-0.1, -0.05) is 54.6 Å². The first kappa shape index (κ1) is 16.0. The van der Waals surface area contributed by atoms with Crippen LogP contribution in [0.15, 0.2) is 79.1 Å². The van der Waals surface area contributed by atoms with E-state index in [4.69, 9.17) is 0 Å². The highest BCUT2D eigenvalue weighted by molar-refractivity contribution is 5.70. The molecule has 24 heavy (non-hydrogen) atoms. The van der Waals surface area contributed by atoms with E-state index in [9.17, 15) is 0 Å². The molecule has 0 aliphatic carbocycles. The molecule has 0 saturated heterocycles. The number of hydrogen-bond acceptors (Lipinski definition) is 1. The number of pyridine rings is 1. The van der Waals surface area contributed by atoms with Crippen LogP contribution < -0.4 is 9.47 Å². The Morgan fingerprint density at radius 3 is 1.92 bits per heavy atom. The largest absolute Gasteiger partial charge is 0.378 e. The third-order valence-electron chi connectivity index (χ3n) is 4.00. The van der Waals surface area contributed by atoms with Crippen LogP contribution in [0, 0.1) is 0 Å². The summed E-state index contributed by atoms with van der Waals surface area (Å²) in [7, 11) is 4.11. The molecule has 2 heteroatoms. The van der Waals surface area contributed by atoms with Crippen molar-refractivity contribution in [3.63, 3.8) is 0 Å². The molecule has 2 aromatic carbocycles. The van der Waals surface area contributed by atoms with Crippen LogP contribution in [-0.2, 0) is 6.54 Å². The van der Waals surface area contributed by atoms with E-state index in [2.05, 4.69) is 109 Å². The molecule has 0 bridgehead atoms. The molecule has 0 saturated carbocycles. The summed E-state index contributed by atoms with van der Waals surface area (Å²) in [6, 6.07) is 23.4. The van der Waals surface area contributed by atoms with Gasteiger partial charge in [-0.15, -0.1) is 0 Å². The van der Waals surface area contributed by atoms with Crippen molar-refractivity contribution >= 4 is 17.8 Å². The van der Waals surface area contributed by atoms with Crippen LogP contribution in [0.25, 0.3) is 12.2 Å². The standard InChI is InChI=1S/C22H23N2/c1-23(2)22-12-10-19(11-13-22)8-9-20-14-16-24(17-15-20)18-21-6-4-3-5-7-21/h3-17H,18H2,1-2H3/q+1. The molecule has 3 aromatic rings. The van der Waals surface area contributed by atoms with E-state index in [0.717, 1.165) is 6.54 Å². The van der Waals surface area contributed by atoms with E-state index < -0.39 is 0 Å².